The molecule has 1 unspecified atom stereocenters. The molecular weight excluding hydrogens is 454 g/mol. The maximum Gasteiger partial charge on any atom is 0.407 e. The van der Waals surface area contributed by atoms with Crippen molar-refractivity contribution in [1.29, 1.82) is 0 Å². The lowest BCUT2D eigenvalue weighted by Gasteiger charge is -2.23. The van der Waals surface area contributed by atoms with Gasteiger partial charge in [-0.3, -0.25) is 19.7 Å². The Morgan fingerprint density at radius 3 is 2.03 bits per heavy atom. The first-order valence-electron chi connectivity index (χ1n) is 11.3. The van der Waals surface area contributed by atoms with E-state index in [4.69, 9.17) is 9.84 Å². The third kappa shape index (κ3) is 11.2. The van der Waals surface area contributed by atoms with Crippen LogP contribution in [0.3, 0.4) is 0 Å². The second-order valence-electron chi connectivity index (χ2n) is 7.90. The minimum atomic E-state index is -1.19. The molecule has 0 bridgehead atoms. The number of amides is 2. The Kier molecular flexibility index (Phi) is 11.8. The van der Waals surface area contributed by atoms with Crippen LogP contribution in [-0.4, -0.2) is 59.3 Å². The second kappa shape index (κ2) is 15.1. The molecule has 35 heavy (non-hydrogen) atoms. The van der Waals surface area contributed by atoms with Crippen LogP contribution in [0.2, 0.25) is 0 Å². The first kappa shape index (κ1) is 27.3. The van der Waals surface area contributed by atoms with Gasteiger partial charge in [0.05, 0.1) is 6.04 Å². The predicted molar refractivity (Wildman–Crippen MR) is 128 cm³/mol. The predicted octanol–water partition coefficient (Wildman–Crippen LogP) is 1.94. The topological polar surface area (TPSA) is 154 Å². The molecule has 2 aromatic rings. The first-order chi connectivity index (χ1) is 16.8. The molecule has 10 nitrogen and oxygen atoms in total. The number of carbonyl (C=O) groups excluding carboxylic acids is 2. The van der Waals surface area contributed by atoms with Gasteiger partial charge < -0.3 is 25.6 Å². The van der Waals surface area contributed by atoms with Gasteiger partial charge in [-0.15, -0.1) is 0 Å². The summed E-state index contributed by atoms with van der Waals surface area (Å²) in [5.74, 6) is -2.91. The molecule has 0 saturated carbocycles. The third-order valence-electron chi connectivity index (χ3n) is 5.12. The van der Waals surface area contributed by atoms with Gasteiger partial charge in [-0.2, -0.15) is 0 Å². The Labute approximate surface area is 203 Å². The number of benzene rings is 2. The summed E-state index contributed by atoms with van der Waals surface area (Å²) < 4.78 is 5.13. The number of carboxylic acids is 2. The van der Waals surface area contributed by atoms with Gasteiger partial charge in [-0.25, -0.2) is 4.79 Å². The molecule has 188 valence electrons. The molecule has 2 rings (SSSR count). The van der Waals surface area contributed by atoms with Crippen molar-refractivity contribution in [3.63, 3.8) is 0 Å². The van der Waals surface area contributed by atoms with Crippen LogP contribution in [-0.2, 0) is 32.1 Å². The van der Waals surface area contributed by atoms with Gasteiger partial charge in [0.1, 0.15) is 19.2 Å². The molecule has 10 heteroatoms. The minimum absolute atomic E-state index is 0.157. The molecule has 0 radical (unpaired) electrons. The Hall–Kier alpha value is -3.92. The zero-order chi connectivity index (χ0) is 25.5. The van der Waals surface area contributed by atoms with Crippen molar-refractivity contribution in [3.05, 3.63) is 71.8 Å². The van der Waals surface area contributed by atoms with E-state index in [9.17, 15) is 24.3 Å². The van der Waals surface area contributed by atoms with E-state index in [2.05, 4.69) is 16.0 Å². The van der Waals surface area contributed by atoms with E-state index >= 15 is 0 Å². The quantitative estimate of drug-likeness (QED) is 0.240. The molecule has 0 spiro atoms. The zero-order valence-electron chi connectivity index (χ0n) is 19.3. The van der Waals surface area contributed by atoms with Crippen LogP contribution >= 0.6 is 0 Å². The molecule has 5 N–H and O–H groups in total. The van der Waals surface area contributed by atoms with Gasteiger partial charge in [-0.05, 0) is 36.8 Å². The van der Waals surface area contributed by atoms with Crippen molar-refractivity contribution in [1.82, 2.24) is 16.0 Å². The molecule has 0 aliphatic carbocycles. The maximum absolute atomic E-state index is 12.5. The number of alkyl carbamates (subject to hydrolysis) is 1. The fraction of sp³-hybridized carbons (Fsp3) is 0.360. The van der Waals surface area contributed by atoms with Crippen LogP contribution in [0.4, 0.5) is 4.79 Å². The molecule has 2 aromatic carbocycles. The minimum Gasteiger partial charge on any atom is -0.480 e. The van der Waals surface area contributed by atoms with E-state index in [0.717, 1.165) is 11.1 Å². The number of aliphatic carboxylic acids is 2. The van der Waals surface area contributed by atoms with E-state index in [1.807, 2.05) is 36.4 Å². The number of ether oxygens (including phenoxy) is 1. The number of unbranched alkanes of at least 4 members (excludes halogenated alkanes) is 1. The molecule has 0 fully saturated rings. The van der Waals surface area contributed by atoms with E-state index < -0.39 is 42.6 Å². The maximum atomic E-state index is 12.5. The Morgan fingerprint density at radius 1 is 0.800 bits per heavy atom. The van der Waals surface area contributed by atoms with E-state index in [-0.39, 0.29) is 19.4 Å². The number of carbonyl (C=O) groups is 4. The summed E-state index contributed by atoms with van der Waals surface area (Å²) >= 11 is 0. The van der Waals surface area contributed by atoms with Crippen LogP contribution in [0.25, 0.3) is 0 Å². The first-order valence-corrected chi connectivity index (χ1v) is 11.3. The monoisotopic (exact) mass is 485 g/mol. The smallest absolute Gasteiger partial charge is 0.407 e. The van der Waals surface area contributed by atoms with Crippen LogP contribution < -0.4 is 16.0 Å². The fourth-order valence-electron chi connectivity index (χ4n) is 3.32. The van der Waals surface area contributed by atoms with Gasteiger partial charge in [0.15, 0.2) is 0 Å². The normalized spacial score (nSPS) is 12.2. The van der Waals surface area contributed by atoms with E-state index in [1.165, 1.54) is 0 Å². The van der Waals surface area contributed by atoms with Crippen LogP contribution in [0.15, 0.2) is 60.7 Å². The number of hydrogen-bond donors (Lipinski definition) is 5. The summed E-state index contributed by atoms with van der Waals surface area (Å²) in [6, 6.07) is 16.3. The summed E-state index contributed by atoms with van der Waals surface area (Å²) in [5.41, 5.74) is 1.67. The van der Waals surface area contributed by atoms with Gasteiger partial charge in [0, 0.05) is 6.54 Å². The summed E-state index contributed by atoms with van der Waals surface area (Å²) in [7, 11) is 0. The van der Waals surface area contributed by atoms with Gasteiger partial charge in [0.25, 0.3) is 0 Å². The Morgan fingerprint density at radius 2 is 1.43 bits per heavy atom. The highest BCUT2D eigenvalue weighted by Gasteiger charge is 2.26. The van der Waals surface area contributed by atoms with Gasteiger partial charge >= 0.3 is 18.0 Å². The zero-order valence-corrected chi connectivity index (χ0v) is 19.3. The number of rotatable bonds is 15. The highest BCUT2D eigenvalue weighted by molar-refractivity contribution is 5.86. The van der Waals surface area contributed by atoms with Crippen LogP contribution in [0, 0.1) is 0 Å². The van der Waals surface area contributed by atoms with Crippen molar-refractivity contribution in [2.24, 2.45) is 0 Å². The SMILES string of the molecule is O=C(O)CNC(=O)[C@H](Cc1ccccc1)NC(CCCCNC(=O)OCc1ccccc1)C(=O)O. The molecule has 0 saturated heterocycles. The summed E-state index contributed by atoms with van der Waals surface area (Å²) in [4.78, 5) is 46.9. The molecule has 0 heterocycles. The van der Waals surface area contributed by atoms with Crippen LogP contribution in [0.5, 0.6) is 0 Å². The van der Waals surface area contributed by atoms with E-state index in [0.29, 0.717) is 19.4 Å². The molecule has 0 aromatic heterocycles. The fourth-order valence-corrected chi connectivity index (χ4v) is 3.32. The molecule has 2 atom stereocenters. The average molecular weight is 486 g/mol. The average Bonchev–Trinajstić information content (AvgIpc) is 2.85. The highest BCUT2D eigenvalue weighted by Crippen LogP contribution is 2.08. The number of hydrogen-bond acceptors (Lipinski definition) is 6. The number of carboxylic acid groups (broad SMARTS) is 2. The molecular formula is C25H31N3O7. The van der Waals surface area contributed by atoms with Crippen molar-refractivity contribution in [2.45, 2.75) is 44.4 Å². The van der Waals surface area contributed by atoms with Crippen molar-refractivity contribution in [3.8, 4) is 0 Å². The van der Waals surface area contributed by atoms with Gasteiger partial charge in [0.2, 0.25) is 5.91 Å². The Balaban J connectivity index is 1.81. The van der Waals surface area contributed by atoms with Crippen molar-refractivity contribution >= 4 is 23.9 Å². The lowest BCUT2D eigenvalue weighted by atomic mass is 10.0. The number of nitrogens with one attached hydrogen (secondary N) is 3. The lowest BCUT2D eigenvalue weighted by Crippen LogP contribution is -2.52. The Bertz CT molecular complexity index is 954. The van der Waals surface area contributed by atoms with Crippen LogP contribution in [0.1, 0.15) is 30.4 Å². The second-order valence-corrected chi connectivity index (χ2v) is 7.90. The summed E-state index contributed by atoms with van der Waals surface area (Å²) in [5, 5.41) is 26.2. The van der Waals surface area contributed by atoms with Crippen molar-refractivity contribution in [2.75, 3.05) is 13.1 Å². The largest absolute Gasteiger partial charge is 0.480 e. The molecule has 0 aliphatic heterocycles. The summed E-state index contributed by atoms with van der Waals surface area (Å²) in [6.07, 6.45) is 0.844. The van der Waals surface area contributed by atoms with E-state index in [1.54, 1.807) is 24.3 Å². The lowest BCUT2D eigenvalue weighted by molar-refractivity contribution is -0.141. The van der Waals surface area contributed by atoms with Crippen molar-refractivity contribution < 1.29 is 34.1 Å². The highest BCUT2D eigenvalue weighted by atomic mass is 16.5. The van der Waals surface area contributed by atoms with Gasteiger partial charge in [-0.1, -0.05) is 60.7 Å². The standard InChI is InChI=1S/C25H31N3O7/c29-22(30)16-27-23(31)21(15-18-9-3-1-4-10-18)28-20(24(32)33)13-7-8-14-26-25(34)35-17-19-11-5-2-6-12-19/h1-6,9-12,20-21,28H,7-8,13-17H2,(H,26,34)(H,27,31)(H,29,30)(H,32,33)/t20?,21-/m0/s1. The third-order valence-corrected chi connectivity index (χ3v) is 5.12. The summed E-state index contributed by atoms with van der Waals surface area (Å²) in [6.45, 7) is -0.0908. The molecule has 0 aliphatic rings. The molecule has 2 amide bonds.